The minimum atomic E-state index is 0.104. The fraction of sp³-hybridized carbons (Fsp3) is 0.269. The second kappa shape index (κ2) is 7.99. The molecule has 1 N–H and O–H groups in total. The molecule has 2 heterocycles. The van der Waals surface area contributed by atoms with E-state index in [1.807, 2.05) is 38.1 Å². The molecule has 4 rings (SSSR count). The van der Waals surface area contributed by atoms with Crippen LogP contribution in [0, 0.1) is 20.8 Å². The molecule has 0 radical (unpaired) electrons. The first-order valence-corrected chi connectivity index (χ1v) is 10.5. The van der Waals surface area contributed by atoms with Gasteiger partial charge in [0.05, 0.1) is 5.36 Å². The summed E-state index contributed by atoms with van der Waals surface area (Å²) in [4.78, 5) is 8.83. The van der Waals surface area contributed by atoms with Crippen molar-refractivity contribution in [2.75, 3.05) is 5.43 Å². The van der Waals surface area contributed by atoms with Crippen LogP contribution in [-0.4, -0.2) is 9.97 Å². The van der Waals surface area contributed by atoms with Gasteiger partial charge in [-0.05, 0) is 55.5 Å². The van der Waals surface area contributed by atoms with Crippen LogP contribution in [0.25, 0.3) is 22.3 Å². The zero-order valence-corrected chi connectivity index (χ0v) is 18.9. The van der Waals surface area contributed by atoms with Gasteiger partial charge in [-0.3, -0.25) is 0 Å². The highest BCUT2D eigenvalue weighted by atomic mass is 16.3. The molecule has 0 unspecified atom stereocenters. The number of hydrogen-bond donors (Lipinski definition) is 1. The first kappa shape index (κ1) is 20.8. The maximum atomic E-state index is 6.27. The van der Waals surface area contributed by atoms with E-state index in [4.69, 9.17) is 4.42 Å². The zero-order valence-electron chi connectivity index (χ0n) is 18.9. The van der Waals surface area contributed by atoms with Crippen molar-refractivity contribution in [3.05, 3.63) is 82.5 Å². The predicted octanol–water partition coefficient (Wildman–Crippen LogP) is 6.04. The van der Waals surface area contributed by atoms with Crippen LogP contribution < -0.4 is 10.8 Å². The van der Waals surface area contributed by atoms with Gasteiger partial charge in [0.25, 0.3) is 0 Å². The van der Waals surface area contributed by atoms with Gasteiger partial charge in [-0.2, -0.15) is 5.10 Å². The van der Waals surface area contributed by atoms with Crippen LogP contribution in [-0.2, 0) is 5.41 Å². The Hall–Kier alpha value is -3.47. The standard InChI is InChI=1S/C26H28N4O/c1-16-7-12-21-22(29-30-25-27-17(2)14-18(3)28-25)15-23(31-24(21)13-16)19-8-10-20(11-9-19)26(4,5)6/h7-15H,1-6H3,(H,27,28,30)/b29-22-. The van der Waals surface area contributed by atoms with Gasteiger partial charge in [-0.1, -0.05) is 51.1 Å². The van der Waals surface area contributed by atoms with Crippen LogP contribution >= 0.6 is 0 Å². The number of nitrogens with one attached hydrogen (secondary N) is 1. The van der Waals surface area contributed by atoms with Crippen molar-refractivity contribution in [3.8, 4) is 11.3 Å². The molecule has 2 aromatic carbocycles. The summed E-state index contributed by atoms with van der Waals surface area (Å²) in [6.45, 7) is 12.6. The molecule has 0 fully saturated rings. The molecule has 0 atom stereocenters. The van der Waals surface area contributed by atoms with E-state index in [2.05, 4.69) is 78.5 Å². The highest BCUT2D eigenvalue weighted by molar-refractivity contribution is 5.79. The third-order valence-electron chi connectivity index (χ3n) is 5.19. The van der Waals surface area contributed by atoms with Crippen LogP contribution in [0.5, 0.6) is 0 Å². The maximum absolute atomic E-state index is 6.27. The largest absolute Gasteiger partial charge is 0.456 e. The number of rotatable bonds is 3. The Kier molecular flexibility index (Phi) is 5.36. The van der Waals surface area contributed by atoms with Crippen LogP contribution in [0.15, 0.2) is 64.1 Å². The average Bonchev–Trinajstić information content (AvgIpc) is 2.70. The highest BCUT2D eigenvalue weighted by Crippen LogP contribution is 2.27. The molecule has 0 bridgehead atoms. The van der Waals surface area contributed by atoms with Crippen molar-refractivity contribution in [2.45, 2.75) is 47.0 Å². The van der Waals surface area contributed by atoms with E-state index < -0.39 is 0 Å². The molecule has 0 aliphatic carbocycles. The number of fused-ring (bicyclic) bond motifs is 1. The summed E-state index contributed by atoms with van der Waals surface area (Å²) in [5, 5.41) is 6.33. The second-order valence-electron chi connectivity index (χ2n) is 9.02. The lowest BCUT2D eigenvalue weighted by Gasteiger charge is -2.19. The monoisotopic (exact) mass is 412 g/mol. The van der Waals surface area contributed by atoms with Crippen molar-refractivity contribution in [1.29, 1.82) is 0 Å². The third-order valence-corrected chi connectivity index (χ3v) is 5.19. The molecule has 4 aromatic rings. The molecule has 0 aliphatic heterocycles. The molecule has 5 nitrogen and oxygen atoms in total. The molecule has 0 spiro atoms. The SMILES string of the molecule is Cc1ccc2/c(=N\Nc3nc(C)cc(C)n3)cc(-c3ccc(C(C)(C)C)cc3)oc2c1. The van der Waals surface area contributed by atoms with Gasteiger partial charge in [0.1, 0.15) is 11.3 Å². The molecular formula is C26H28N4O. The lowest BCUT2D eigenvalue weighted by molar-refractivity contribution is 0.589. The molecule has 0 aliphatic rings. The average molecular weight is 413 g/mol. The van der Waals surface area contributed by atoms with Crippen molar-refractivity contribution in [1.82, 2.24) is 9.97 Å². The summed E-state index contributed by atoms with van der Waals surface area (Å²) in [5.74, 6) is 1.25. The summed E-state index contributed by atoms with van der Waals surface area (Å²) < 4.78 is 6.27. The number of hydrogen-bond acceptors (Lipinski definition) is 5. The summed E-state index contributed by atoms with van der Waals surface area (Å²) >= 11 is 0. The van der Waals surface area contributed by atoms with Crippen molar-refractivity contribution in [2.24, 2.45) is 5.10 Å². The number of nitrogens with zero attached hydrogens (tertiary/aromatic N) is 3. The van der Waals surface area contributed by atoms with E-state index in [1.165, 1.54) is 5.56 Å². The molecule has 158 valence electrons. The third kappa shape index (κ3) is 4.66. The van der Waals surface area contributed by atoms with Gasteiger partial charge >= 0.3 is 0 Å². The van der Waals surface area contributed by atoms with Gasteiger partial charge in [0.2, 0.25) is 5.95 Å². The predicted molar refractivity (Wildman–Crippen MR) is 126 cm³/mol. The summed E-state index contributed by atoms with van der Waals surface area (Å²) in [6.07, 6.45) is 0. The Balaban J connectivity index is 1.82. The fourth-order valence-corrected chi connectivity index (χ4v) is 3.53. The smallest absolute Gasteiger partial charge is 0.243 e. The van der Waals surface area contributed by atoms with Gasteiger partial charge in [-0.15, -0.1) is 0 Å². The van der Waals surface area contributed by atoms with Gasteiger partial charge in [-0.25, -0.2) is 15.4 Å². The molecule has 0 amide bonds. The lowest BCUT2D eigenvalue weighted by Crippen LogP contribution is -2.11. The van der Waals surface area contributed by atoms with Gasteiger partial charge in [0, 0.05) is 28.4 Å². The number of aryl methyl sites for hydroxylation is 3. The summed E-state index contributed by atoms with van der Waals surface area (Å²) in [7, 11) is 0. The number of aromatic nitrogens is 2. The highest BCUT2D eigenvalue weighted by Gasteiger charge is 2.14. The summed E-state index contributed by atoms with van der Waals surface area (Å²) in [5.41, 5.74) is 9.13. The Morgan fingerprint density at radius 1 is 0.839 bits per heavy atom. The van der Waals surface area contributed by atoms with E-state index in [1.54, 1.807) is 0 Å². The maximum Gasteiger partial charge on any atom is 0.243 e. The number of benzene rings is 2. The molecule has 0 saturated heterocycles. The van der Waals surface area contributed by atoms with E-state index in [9.17, 15) is 0 Å². The molecule has 31 heavy (non-hydrogen) atoms. The van der Waals surface area contributed by atoms with E-state index in [0.29, 0.717) is 5.95 Å². The van der Waals surface area contributed by atoms with Gasteiger partial charge in [0.15, 0.2) is 0 Å². The quantitative estimate of drug-likeness (QED) is 0.417. The van der Waals surface area contributed by atoms with E-state index >= 15 is 0 Å². The van der Waals surface area contributed by atoms with Gasteiger partial charge < -0.3 is 4.42 Å². The van der Waals surface area contributed by atoms with Crippen molar-refractivity contribution < 1.29 is 4.42 Å². The Bertz CT molecular complexity index is 1290. The van der Waals surface area contributed by atoms with Crippen molar-refractivity contribution >= 4 is 16.9 Å². The Morgan fingerprint density at radius 2 is 1.52 bits per heavy atom. The lowest BCUT2D eigenvalue weighted by atomic mass is 9.86. The minimum Gasteiger partial charge on any atom is -0.456 e. The summed E-state index contributed by atoms with van der Waals surface area (Å²) in [6, 6.07) is 18.5. The Labute approximate surface area is 182 Å². The fourth-order valence-electron chi connectivity index (χ4n) is 3.53. The minimum absolute atomic E-state index is 0.104. The molecule has 0 saturated carbocycles. The topological polar surface area (TPSA) is 63.3 Å². The van der Waals surface area contributed by atoms with Crippen LogP contribution in [0.1, 0.15) is 43.3 Å². The first-order valence-electron chi connectivity index (χ1n) is 10.5. The normalized spacial score (nSPS) is 12.4. The van der Waals surface area contributed by atoms with Crippen LogP contribution in [0.4, 0.5) is 5.95 Å². The van der Waals surface area contributed by atoms with Crippen LogP contribution in [0.3, 0.4) is 0 Å². The number of anilines is 1. The first-order chi connectivity index (χ1) is 14.7. The van der Waals surface area contributed by atoms with E-state index in [0.717, 1.165) is 44.6 Å². The van der Waals surface area contributed by atoms with E-state index in [-0.39, 0.29) is 5.41 Å². The van der Waals surface area contributed by atoms with Crippen molar-refractivity contribution in [3.63, 3.8) is 0 Å². The Morgan fingerprint density at radius 3 is 2.16 bits per heavy atom. The van der Waals surface area contributed by atoms with Crippen LogP contribution in [0.2, 0.25) is 0 Å². The molecule has 5 heteroatoms. The molecule has 2 aromatic heterocycles. The second-order valence-corrected chi connectivity index (χ2v) is 9.02. The zero-order chi connectivity index (χ0) is 22.2. The molecular weight excluding hydrogens is 384 g/mol.